The van der Waals surface area contributed by atoms with Crippen molar-refractivity contribution in [1.82, 2.24) is 15.6 Å². The summed E-state index contributed by atoms with van der Waals surface area (Å²) in [4.78, 5) is 30.4. The molecule has 2 aromatic carbocycles. The molecule has 2 amide bonds. The second-order valence-electron chi connectivity index (χ2n) is 11.9. The number of ether oxygens (including phenoxy) is 3. The number of hydrogen-bond donors (Lipinski definition) is 2. The Bertz CT molecular complexity index is 1540. The summed E-state index contributed by atoms with van der Waals surface area (Å²) in [5.74, 6) is -1.64. The van der Waals surface area contributed by atoms with E-state index in [0.717, 1.165) is 0 Å². The zero-order valence-corrected chi connectivity index (χ0v) is 26.7. The number of aromatic nitrogens is 1. The predicted octanol–water partition coefficient (Wildman–Crippen LogP) is 7.78. The SMILES string of the molecule is COc1cc(C(=O)NCC(C)c2cc(C(C)(C)NC(=O)OC(C)(C)C)cc(-c3ccc(F)c(Cl)c3)n2)ccc1OCC(F)(F)F. The average Bonchev–Trinajstić information content (AvgIpc) is 2.93. The summed E-state index contributed by atoms with van der Waals surface area (Å²) in [6, 6.07) is 11.6. The zero-order valence-electron chi connectivity index (χ0n) is 26.0. The summed E-state index contributed by atoms with van der Waals surface area (Å²) < 4.78 is 67.0. The molecule has 0 bridgehead atoms. The number of hydrogen-bond acceptors (Lipinski definition) is 6. The molecule has 0 aliphatic carbocycles. The van der Waals surface area contributed by atoms with Crippen molar-refractivity contribution in [2.45, 2.75) is 64.8 Å². The third kappa shape index (κ3) is 10.2. The molecule has 0 spiro atoms. The van der Waals surface area contributed by atoms with E-state index in [-0.39, 0.29) is 34.5 Å². The molecule has 0 radical (unpaired) electrons. The number of alkyl carbamates (subject to hydrolysis) is 1. The normalized spacial score (nSPS) is 12.7. The Morgan fingerprint density at radius 1 is 0.978 bits per heavy atom. The van der Waals surface area contributed by atoms with Crippen molar-refractivity contribution < 1.29 is 41.4 Å². The van der Waals surface area contributed by atoms with Gasteiger partial charge >= 0.3 is 12.3 Å². The number of methoxy groups -OCH3 is 1. The van der Waals surface area contributed by atoms with Gasteiger partial charge in [-0.3, -0.25) is 9.78 Å². The molecular formula is C32H36ClF4N3O5. The molecule has 244 valence electrons. The Kier molecular flexibility index (Phi) is 11.0. The molecule has 0 saturated carbocycles. The highest BCUT2D eigenvalue weighted by atomic mass is 35.5. The van der Waals surface area contributed by atoms with Crippen molar-refractivity contribution in [1.29, 1.82) is 0 Å². The first-order valence-electron chi connectivity index (χ1n) is 13.9. The van der Waals surface area contributed by atoms with Crippen LogP contribution in [0, 0.1) is 5.82 Å². The summed E-state index contributed by atoms with van der Waals surface area (Å²) in [6.45, 7) is 9.28. The smallest absolute Gasteiger partial charge is 0.422 e. The largest absolute Gasteiger partial charge is 0.493 e. The first kappa shape index (κ1) is 35.4. The van der Waals surface area contributed by atoms with Gasteiger partial charge in [-0.15, -0.1) is 0 Å². The lowest BCUT2D eigenvalue weighted by Gasteiger charge is -2.30. The fourth-order valence-corrected chi connectivity index (χ4v) is 4.32. The molecule has 1 unspecified atom stereocenters. The van der Waals surface area contributed by atoms with Crippen LogP contribution in [0.5, 0.6) is 11.5 Å². The van der Waals surface area contributed by atoms with E-state index in [4.69, 9.17) is 30.8 Å². The van der Waals surface area contributed by atoms with Crippen LogP contribution in [0.2, 0.25) is 5.02 Å². The van der Waals surface area contributed by atoms with E-state index in [1.165, 1.54) is 43.5 Å². The molecule has 0 fully saturated rings. The van der Waals surface area contributed by atoms with Gasteiger partial charge in [-0.1, -0.05) is 18.5 Å². The monoisotopic (exact) mass is 653 g/mol. The van der Waals surface area contributed by atoms with E-state index in [2.05, 4.69) is 10.6 Å². The topological polar surface area (TPSA) is 98.8 Å². The van der Waals surface area contributed by atoms with Crippen LogP contribution in [-0.4, -0.2) is 49.0 Å². The average molecular weight is 654 g/mol. The van der Waals surface area contributed by atoms with Gasteiger partial charge < -0.3 is 24.8 Å². The van der Waals surface area contributed by atoms with Gasteiger partial charge in [-0.25, -0.2) is 9.18 Å². The molecule has 8 nitrogen and oxygen atoms in total. The van der Waals surface area contributed by atoms with E-state index in [9.17, 15) is 27.2 Å². The van der Waals surface area contributed by atoms with Crippen LogP contribution >= 0.6 is 11.6 Å². The number of alkyl halides is 3. The van der Waals surface area contributed by atoms with Crippen LogP contribution in [0.25, 0.3) is 11.3 Å². The number of pyridine rings is 1. The lowest BCUT2D eigenvalue weighted by molar-refractivity contribution is -0.153. The third-order valence-corrected chi connectivity index (χ3v) is 6.78. The van der Waals surface area contributed by atoms with Gasteiger partial charge in [0.05, 0.1) is 23.4 Å². The van der Waals surface area contributed by atoms with Gasteiger partial charge in [0, 0.05) is 29.3 Å². The highest BCUT2D eigenvalue weighted by Crippen LogP contribution is 2.32. The van der Waals surface area contributed by atoms with Gasteiger partial charge in [0.1, 0.15) is 11.4 Å². The fourth-order valence-electron chi connectivity index (χ4n) is 4.14. The van der Waals surface area contributed by atoms with Crippen molar-refractivity contribution in [3.63, 3.8) is 0 Å². The van der Waals surface area contributed by atoms with E-state index < -0.39 is 41.7 Å². The second kappa shape index (κ2) is 13.9. The maximum absolute atomic E-state index is 13.9. The minimum atomic E-state index is -4.54. The van der Waals surface area contributed by atoms with Crippen molar-refractivity contribution in [3.8, 4) is 22.8 Å². The Balaban J connectivity index is 1.88. The van der Waals surface area contributed by atoms with E-state index in [1.807, 2.05) is 6.92 Å². The molecule has 1 aromatic heterocycles. The quantitative estimate of drug-likeness (QED) is 0.217. The maximum Gasteiger partial charge on any atom is 0.422 e. The highest BCUT2D eigenvalue weighted by Gasteiger charge is 2.30. The van der Waals surface area contributed by atoms with Crippen molar-refractivity contribution >= 4 is 23.6 Å². The molecule has 45 heavy (non-hydrogen) atoms. The summed E-state index contributed by atoms with van der Waals surface area (Å²) in [6.07, 6.45) is -5.16. The summed E-state index contributed by atoms with van der Waals surface area (Å²) in [5, 5.41) is 5.58. The Hall–Kier alpha value is -4.06. The molecule has 2 N–H and O–H groups in total. The number of carbonyl (C=O) groups excluding carboxylic acids is 2. The van der Waals surface area contributed by atoms with Crippen LogP contribution in [0.3, 0.4) is 0 Å². The van der Waals surface area contributed by atoms with Crippen LogP contribution in [-0.2, 0) is 10.3 Å². The van der Waals surface area contributed by atoms with E-state index in [0.29, 0.717) is 22.5 Å². The fraction of sp³-hybridized carbons (Fsp3) is 0.406. The lowest BCUT2D eigenvalue weighted by Crippen LogP contribution is -2.44. The van der Waals surface area contributed by atoms with Crippen LogP contribution < -0.4 is 20.1 Å². The lowest BCUT2D eigenvalue weighted by atomic mass is 9.91. The minimum absolute atomic E-state index is 0.0309. The van der Waals surface area contributed by atoms with Crippen molar-refractivity contribution in [3.05, 3.63) is 76.2 Å². The van der Waals surface area contributed by atoms with Crippen LogP contribution in [0.4, 0.5) is 22.4 Å². The molecule has 3 rings (SSSR count). The molecule has 0 saturated heterocycles. The number of halogens is 5. The van der Waals surface area contributed by atoms with Gasteiger partial charge in [0.15, 0.2) is 18.1 Å². The number of carbonyl (C=O) groups is 2. The number of nitrogens with one attached hydrogen (secondary N) is 2. The van der Waals surface area contributed by atoms with Crippen molar-refractivity contribution in [2.75, 3.05) is 20.3 Å². The third-order valence-electron chi connectivity index (χ3n) is 6.49. The summed E-state index contributed by atoms with van der Waals surface area (Å²) >= 11 is 6.05. The Morgan fingerprint density at radius 2 is 1.67 bits per heavy atom. The molecule has 1 atom stereocenters. The molecular weight excluding hydrogens is 618 g/mol. The first-order chi connectivity index (χ1) is 20.8. The van der Waals surface area contributed by atoms with Crippen molar-refractivity contribution in [2.24, 2.45) is 0 Å². The number of rotatable bonds is 10. The van der Waals surface area contributed by atoms with Crippen LogP contribution in [0.15, 0.2) is 48.5 Å². The maximum atomic E-state index is 13.9. The van der Waals surface area contributed by atoms with Gasteiger partial charge in [-0.2, -0.15) is 13.2 Å². The first-order valence-corrected chi connectivity index (χ1v) is 14.3. The molecule has 3 aromatic rings. The number of nitrogens with zero attached hydrogens (tertiary/aromatic N) is 1. The molecule has 0 aliphatic heterocycles. The molecule has 1 heterocycles. The van der Waals surface area contributed by atoms with Gasteiger partial charge in [0.2, 0.25) is 0 Å². The highest BCUT2D eigenvalue weighted by molar-refractivity contribution is 6.31. The second-order valence-corrected chi connectivity index (χ2v) is 12.3. The molecule has 13 heteroatoms. The standard InChI is InChI=1S/C32H36ClF4N3O5/c1-18(16-38-28(41)20-9-11-26(27(13-20)43-7)44-17-32(35,36)37)24-14-21(31(5,6)40-29(42)45-30(2,3)4)15-25(39-24)19-8-10-23(34)22(33)12-19/h8-15,18H,16-17H2,1-7H3,(H,38,41)(H,40,42). The van der Waals surface area contributed by atoms with E-state index >= 15 is 0 Å². The van der Waals surface area contributed by atoms with Gasteiger partial charge in [-0.05, 0) is 88.7 Å². The predicted molar refractivity (Wildman–Crippen MR) is 162 cm³/mol. The molecule has 0 aliphatic rings. The summed E-state index contributed by atoms with van der Waals surface area (Å²) in [5.41, 5.74) is 0.696. The Morgan fingerprint density at radius 3 is 2.27 bits per heavy atom. The minimum Gasteiger partial charge on any atom is -0.493 e. The van der Waals surface area contributed by atoms with E-state index in [1.54, 1.807) is 46.8 Å². The number of amides is 2. The zero-order chi connectivity index (χ0) is 33.7. The summed E-state index contributed by atoms with van der Waals surface area (Å²) in [7, 11) is 1.25. The van der Waals surface area contributed by atoms with Crippen LogP contribution in [0.1, 0.15) is 69.1 Å². The Labute approximate surface area is 264 Å². The van der Waals surface area contributed by atoms with Gasteiger partial charge in [0.25, 0.3) is 5.91 Å². The number of benzene rings is 2.